The fraction of sp³-hybridized carbons (Fsp3) is 0.333. The Morgan fingerprint density at radius 2 is 2.15 bits per heavy atom. The molecule has 0 aliphatic rings. The maximum absolute atomic E-state index is 11.7. The molecular formula is C9H9F3O. The van der Waals surface area contributed by atoms with E-state index in [0.29, 0.717) is 0 Å². The molecule has 0 rings (SSSR count). The lowest BCUT2D eigenvalue weighted by Gasteiger charge is -2.09. The van der Waals surface area contributed by atoms with Crippen LogP contribution in [0.4, 0.5) is 13.2 Å². The highest BCUT2D eigenvalue weighted by molar-refractivity contribution is 5.12. The van der Waals surface area contributed by atoms with Crippen LogP contribution in [0, 0.1) is 12.3 Å². The van der Waals surface area contributed by atoms with Gasteiger partial charge in [-0.3, -0.25) is 0 Å². The van der Waals surface area contributed by atoms with Crippen LogP contribution in [0.5, 0.6) is 0 Å². The number of ether oxygens (including phenoxy) is 1. The van der Waals surface area contributed by atoms with Crippen LogP contribution in [0.3, 0.4) is 0 Å². The number of halogens is 3. The first-order chi connectivity index (χ1) is 5.99. The molecule has 0 heterocycles. The number of hydrogen-bond donors (Lipinski definition) is 0. The van der Waals surface area contributed by atoms with Crippen LogP contribution in [0.15, 0.2) is 24.0 Å². The normalized spacial score (nSPS) is 13.0. The molecule has 1 nitrogen and oxygen atoms in total. The zero-order valence-electron chi connectivity index (χ0n) is 7.06. The summed E-state index contributed by atoms with van der Waals surface area (Å²) in [5.74, 6) is 1.79. The minimum absolute atomic E-state index is 0.177. The van der Waals surface area contributed by atoms with Gasteiger partial charge in [0.05, 0.1) is 6.42 Å². The van der Waals surface area contributed by atoms with Crippen LogP contribution in [0.1, 0.15) is 13.3 Å². The first-order valence-electron chi connectivity index (χ1n) is 3.50. The summed E-state index contributed by atoms with van der Waals surface area (Å²) >= 11 is 0. The molecule has 4 heteroatoms. The van der Waals surface area contributed by atoms with Gasteiger partial charge in [-0.25, -0.2) is 0 Å². The molecule has 0 fully saturated rings. The SMILES string of the molecule is C#CC/C(=C\C=C/C)OC(F)(F)F. The van der Waals surface area contributed by atoms with Gasteiger partial charge in [-0.15, -0.1) is 19.6 Å². The van der Waals surface area contributed by atoms with Gasteiger partial charge in [0.15, 0.2) is 0 Å². The summed E-state index contributed by atoms with van der Waals surface area (Å²) in [7, 11) is 0. The van der Waals surface area contributed by atoms with Crippen LogP contribution in [-0.2, 0) is 4.74 Å². The fourth-order valence-corrected chi connectivity index (χ4v) is 0.582. The van der Waals surface area contributed by atoms with Crippen LogP contribution in [-0.4, -0.2) is 6.36 Å². The second-order valence-corrected chi connectivity index (χ2v) is 2.09. The average molecular weight is 190 g/mol. The van der Waals surface area contributed by atoms with E-state index < -0.39 is 6.36 Å². The van der Waals surface area contributed by atoms with Crippen molar-refractivity contribution in [3.8, 4) is 12.3 Å². The van der Waals surface area contributed by atoms with Gasteiger partial charge < -0.3 is 4.74 Å². The summed E-state index contributed by atoms with van der Waals surface area (Å²) in [6.07, 6.45) is 4.20. The molecule has 13 heavy (non-hydrogen) atoms. The third-order valence-corrected chi connectivity index (χ3v) is 0.998. The molecule has 0 saturated carbocycles. The van der Waals surface area contributed by atoms with E-state index >= 15 is 0 Å². The van der Waals surface area contributed by atoms with Crippen molar-refractivity contribution in [2.75, 3.05) is 0 Å². The summed E-state index contributed by atoms with van der Waals surface area (Å²) in [6.45, 7) is 1.68. The number of allylic oxidation sites excluding steroid dienone is 4. The Morgan fingerprint density at radius 3 is 2.54 bits per heavy atom. The van der Waals surface area contributed by atoms with Crippen molar-refractivity contribution in [1.29, 1.82) is 0 Å². The third kappa shape index (κ3) is 7.01. The second kappa shape index (κ2) is 5.31. The lowest BCUT2D eigenvalue weighted by atomic mass is 10.3. The highest BCUT2D eigenvalue weighted by atomic mass is 19.4. The molecule has 0 aliphatic heterocycles. The Kier molecular flexibility index (Phi) is 4.75. The monoisotopic (exact) mass is 190 g/mol. The molecule has 0 aromatic heterocycles. The minimum Gasteiger partial charge on any atom is -0.409 e. The van der Waals surface area contributed by atoms with Gasteiger partial charge in [-0.1, -0.05) is 18.1 Å². The molecule has 0 spiro atoms. The van der Waals surface area contributed by atoms with Crippen molar-refractivity contribution >= 4 is 0 Å². The molecule has 72 valence electrons. The van der Waals surface area contributed by atoms with E-state index in [2.05, 4.69) is 10.7 Å². The standard InChI is InChI=1S/C9H9F3O/c1-3-5-7-8(6-4-2)13-9(10,11)12/h2-3,5,7H,6H2,1H3/b5-3-,8-7+. The molecule has 0 unspecified atom stereocenters. The largest absolute Gasteiger partial charge is 0.572 e. The molecule has 0 atom stereocenters. The zero-order chi connectivity index (χ0) is 10.3. The van der Waals surface area contributed by atoms with E-state index in [1.54, 1.807) is 13.0 Å². The van der Waals surface area contributed by atoms with E-state index in [-0.39, 0.29) is 12.2 Å². The highest BCUT2D eigenvalue weighted by Gasteiger charge is 2.31. The van der Waals surface area contributed by atoms with Crippen LogP contribution in [0.2, 0.25) is 0 Å². The van der Waals surface area contributed by atoms with Gasteiger partial charge in [0.1, 0.15) is 5.76 Å². The Balaban J connectivity index is 4.36. The van der Waals surface area contributed by atoms with Crippen molar-refractivity contribution in [2.24, 2.45) is 0 Å². The minimum atomic E-state index is -4.68. The van der Waals surface area contributed by atoms with E-state index in [1.807, 2.05) is 0 Å². The predicted octanol–water partition coefficient (Wildman–Crippen LogP) is 3.01. The third-order valence-electron chi connectivity index (χ3n) is 0.998. The molecule has 0 aromatic rings. The number of terminal acetylenes is 1. The van der Waals surface area contributed by atoms with Crippen molar-refractivity contribution in [2.45, 2.75) is 19.7 Å². The van der Waals surface area contributed by atoms with Gasteiger partial charge in [0, 0.05) is 0 Å². The fourth-order valence-electron chi connectivity index (χ4n) is 0.582. The first-order valence-corrected chi connectivity index (χ1v) is 3.50. The van der Waals surface area contributed by atoms with E-state index in [1.165, 1.54) is 12.2 Å². The van der Waals surface area contributed by atoms with Gasteiger partial charge in [-0.2, -0.15) is 0 Å². The molecule has 0 bridgehead atoms. The van der Waals surface area contributed by atoms with E-state index in [0.717, 1.165) is 0 Å². The van der Waals surface area contributed by atoms with Crippen LogP contribution >= 0.6 is 0 Å². The van der Waals surface area contributed by atoms with Crippen LogP contribution < -0.4 is 0 Å². The Labute approximate surface area is 74.9 Å². The number of alkyl halides is 3. The summed E-state index contributed by atoms with van der Waals surface area (Å²) in [5, 5.41) is 0. The molecule has 0 amide bonds. The van der Waals surface area contributed by atoms with E-state index in [9.17, 15) is 13.2 Å². The van der Waals surface area contributed by atoms with Gasteiger partial charge >= 0.3 is 6.36 Å². The highest BCUT2D eigenvalue weighted by Crippen LogP contribution is 2.22. The lowest BCUT2D eigenvalue weighted by molar-refractivity contribution is -0.305. The van der Waals surface area contributed by atoms with Crippen LogP contribution in [0.25, 0.3) is 0 Å². The van der Waals surface area contributed by atoms with E-state index in [4.69, 9.17) is 6.42 Å². The quantitative estimate of drug-likeness (QED) is 0.377. The maximum Gasteiger partial charge on any atom is 0.572 e. The molecule has 0 aliphatic carbocycles. The number of rotatable bonds is 3. The van der Waals surface area contributed by atoms with Crippen molar-refractivity contribution in [3.63, 3.8) is 0 Å². The van der Waals surface area contributed by atoms with Gasteiger partial charge in [0.2, 0.25) is 0 Å². The maximum atomic E-state index is 11.7. The van der Waals surface area contributed by atoms with Crippen molar-refractivity contribution < 1.29 is 17.9 Å². The molecule has 0 aromatic carbocycles. The smallest absolute Gasteiger partial charge is 0.409 e. The molecule has 0 saturated heterocycles. The molecular weight excluding hydrogens is 181 g/mol. The number of hydrogen-bond acceptors (Lipinski definition) is 1. The summed E-state index contributed by atoms with van der Waals surface area (Å²) in [6, 6.07) is 0. The predicted molar refractivity (Wildman–Crippen MR) is 43.5 cm³/mol. The summed E-state index contributed by atoms with van der Waals surface area (Å²) in [5.41, 5.74) is 0. The summed E-state index contributed by atoms with van der Waals surface area (Å²) < 4.78 is 38.7. The zero-order valence-corrected chi connectivity index (χ0v) is 7.06. The van der Waals surface area contributed by atoms with Crippen molar-refractivity contribution in [3.05, 3.63) is 24.0 Å². The summed E-state index contributed by atoms with van der Waals surface area (Å²) in [4.78, 5) is 0. The molecule has 0 N–H and O–H groups in total. The Bertz CT molecular complexity index is 243. The second-order valence-electron chi connectivity index (χ2n) is 2.09. The van der Waals surface area contributed by atoms with Gasteiger partial charge in [0.25, 0.3) is 0 Å². The molecule has 0 radical (unpaired) electrons. The van der Waals surface area contributed by atoms with Crippen molar-refractivity contribution in [1.82, 2.24) is 0 Å². The topological polar surface area (TPSA) is 9.23 Å². The first kappa shape index (κ1) is 11.6. The Hall–Kier alpha value is -1.37. The average Bonchev–Trinajstić information content (AvgIpc) is 1.98. The van der Waals surface area contributed by atoms with Gasteiger partial charge in [-0.05, 0) is 13.0 Å². The Morgan fingerprint density at radius 1 is 1.54 bits per heavy atom. The lowest BCUT2D eigenvalue weighted by Crippen LogP contribution is -2.12.